The molecule has 0 saturated carbocycles. The summed E-state index contributed by atoms with van der Waals surface area (Å²) in [5.74, 6) is 0. The number of nitrogens with zero attached hydrogens (tertiary/aromatic N) is 1. The molecule has 0 aliphatic heterocycles. The van der Waals surface area contributed by atoms with Crippen LogP contribution in [0.4, 0.5) is 0 Å². The Morgan fingerprint density at radius 3 is 1.88 bits per heavy atom. The maximum atomic E-state index is 2.36. The van der Waals surface area contributed by atoms with Crippen molar-refractivity contribution in [3.05, 3.63) is 127 Å². The van der Waals surface area contributed by atoms with E-state index in [1.54, 1.807) is 0 Å². The lowest BCUT2D eigenvalue weighted by molar-refractivity contribution is 1.18. The molecular weight excluding hydrogens is 386 g/mol. The van der Waals surface area contributed by atoms with Gasteiger partial charge >= 0.3 is 0 Å². The maximum absolute atomic E-state index is 2.36. The molecule has 6 aromatic rings. The number of benzene rings is 5. The van der Waals surface area contributed by atoms with Crippen molar-refractivity contribution in [3.8, 4) is 27.9 Å². The molecule has 0 radical (unpaired) electrons. The van der Waals surface area contributed by atoms with E-state index in [0.717, 1.165) is 0 Å². The molecule has 1 heterocycles. The quantitative estimate of drug-likeness (QED) is 0.276. The number of aromatic nitrogens is 1. The first-order valence-electron chi connectivity index (χ1n) is 11.0. The normalized spacial score (nSPS) is 11.3. The van der Waals surface area contributed by atoms with Gasteiger partial charge in [0.25, 0.3) is 0 Å². The van der Waals surface area contributed by atoms with Crippen molar-refractivity contribution in [1.29, 1.82) is 0 Å². The van der Waals surface area contributed by atoms with E-state index in [2.05, 4.69) is 133 Å². The van der Waals surface area contributed by atoms with E-state index in [-0.39, 0.29) is 0 Å². The van der Waals surface area contributed by atoms with Crippen molar-refractivity contribution < 1.29 is 0 Å². The average Bonchev–Trinajstić information content (AvgIpc) is 3.19. The Balaban J connectivity index is 1.53. The minimum atomic E-state index is 1.19. The smallest absolute Gasteiger partial charge is 0.0541 e. The van der Waals surface area contributed by atoms with Crippen LogP contribution in [0.1, 0.15) is 5.56 Å². The third-order valence-corrected chi connectivity index (χ3v) is 6.27. The zero-order valence-electron chi connectivity index (χ0n) is 18.0. The van der Waals surface area contributed by atoms with E-state index in [9.17, 15) is 0 Å². The number of aryl methyl sites for hydroxylation is 1. The fourth-order valence-electron chi connectivity index (χ4n) is 4.63. The largest absolute Gasteiger partial charge is 0.309 e. The minimum Gasteiger partial charge on any atom is -0.309 e. The second-order valence-electron chi connectivity index (χ2n) is 8.37. The molecule has 0 unspecified atom stereocenters. The number of fused-ring (bicyclic) bond motifs is 3. The molecule has 0 atom stereocenters. The number of rotatable bonds is 3. The monoisotopic (exact) mass is 409 g/mol. The molecule has 0 N–H and O–H groups in total. The highest BCUT2D eigenvalue weighted by Crippen LogP contribution is 2.35. The van der Waals surface area contributed by atoms with Crippen LogP contribution >= 0.6 is 0 Å². The Morgan fingerprint density at radius 1 is 0.438 bits per heavy atom. The SMILES string of the molecule is Cc1ccc(-c2cccc(-c3ccc4c(c3)c3ccccc3n4-c3ccccc3)c2)cc1. The molecule has 0 fully saturated rings. The van der Waals surface area contributed by atoms with E-state index in [1.807, 2.05) is 0 Å². The number of para-hydroxylation sites is 2. The molecule has 1 aromatic heterocycles. The van der Waals surface area contributed by atoms with E-state index < -0.39 is 0 Å². The summed E-state index contributed by atoms with van der Waals surface area (Å²) in [7, 11) is 0. The van der Waals surface area contributed by atoms with Gasteiger partial charge in [-0.2, -0.15) is 0 Å². The zero-order chi connectivity index (χ0) is 21.5. The summed E-state index contributed by atoms with van der Waals surface area (Å²) in [6, 6.07) is 43.7. The second kappa shape index (κ2) is 7.55. The van der Waals surface area contributed by atoms with Gasteiger partial charge in [-0.05, 0) is 65.6 Å². The van der Waals surface area contributed by atoms with Crippen LogP contribution in [-0.4, -0.2) is 4.57 Å². The summed E-state index contributed by atoms with van der Waals surface area (Å²) in [6.07, 6.45) is 0. The Bertz CT molecular complexity index is 1550. The van der Waals surface area contributed by atoms with Gasteiger partial charge in [0.15, 0.2) is 0 Å². The van der Waals surface area contributed by atoms with E-state index in [0.29, 0.717) is 0 Å². The third-order valence-electron chi connectivity index (χ3n) is 6.27. The van der Waals surface area contributed by atoms with E-state index in [4.69, 9.17) is 0 Å². The minimum absolute atomic E-state index is 1.19. The third kappa shape index (κ3) is 3.11. The highest BCUT2D eigenvalue weighted by molar-refractivity contribution is 6.10. The summed E-state index contributed by atoms with van der Waals surface area (Å²) < 4.78 is 2.36. The molecule has 0 bridgehead atoms. The molecule has 1 heteroatoms. The standard InChI is InChI=1S/C31H23N/c1-22-14-16-23(17-15-22)24-8-7-9-25(20-24)26-18-19-31-29(21-26)28-12-5-6-13-30(28)32(31)27-10-3-2-4-11-27/h2-21H,1H3. The lowest BCUT2D eigenvalue weighted by Crippen LogP contribution is -1.92. The summed E-state index contributed by atoms with van der Waals surface area (Å²) in [6.45, 7) is 2.13. The molecule has 0 amide bonds. The Labute approximate surface area is 188 Å². The molecule has 1 nitrogen and oxygen atoms in total. The first-order valence-corrected chi connectivity index (χ1v) is 11.0. The van der Waals surface area contributed by atoms with Crippen LogP contribution < -0.4 is 0 Å². The summed E-state index contributed by atoms with van der Waals surface area (Å²) in [4.78, 5) is 0. The fraction of sp³-hybridized carbons (Fsp3) is 0.0323. The molecule has 0 aliphatic rings. The van der Waals surface area contributed by atoms with Gasteiger partial charge in [-0.3, -0.25) is 0 Å². The van der Waals surface area contributed by atoms with Crippen LogP contribution in [0.2, 0.25) is 0 Å². The first kappa shape index (κ1) is 18.7. The summed E-state index contributed by atoms with van der Waals surface area (Å²) in [5, 5.41) is 2.56. The van der Waals surface area contributed by atoms with Gasteiger partial charge in [-0.25, -0.2) is 0 Å². The van der Waals surface area contributed by atoms with E-state index in [1.165, 1.54) is 55.3 Å². The number of hydrogen-bond donors (Lipinski definition) is 0. The van der Waals surface area contributed by atoms with Gasteiger partial charge in [0.1, 0.15) is 0 Å². The van der Waals surface area contributed by atoms with Crippen molar-refractivity contribution in [3.63, 3.8) is 0 Å². The Morgan fingerprint density at radius 2 is 1.06 bits per heavy atom. The van der Waals surface area contributed by atoms with Crippen molar-refractivity contribution in [2.75, 3.05) is 0 Å². The lowest BCUT2D eigenvalue weighted by atomic mass is 9.97. The summed E-state index contributed by atoms with van der Waals surface area (Å²) >= 11 is 0. The van der Waals surface area contributed by atoms with Crippen LogP contribution in [0.3, 0.4) is 0 Å². The van der Waals surface area contributed by atoms with Crippen LogP contribution in [0, 0.1) is 6.92 Å². The Hall–Kier alpha value is -4.10. The summed E-state index contributed by atoms with van der Waals surface area (Å²) in [5.41, 5.74) is 9.91. The molecule has 0 saturated heterocycles. The molecule has 0 aliphatic carbocycles. The number of hydrogen-bond acceptors (Lipinski definition) is 0. The molecule has 6 rings (SSSR count). The zero-order valence-corrected chi connectivity index (χ0v) is 18.0. The molecular formula is C31H23N. The predicted octanol–water partition coefficient (Wildman–Crippen LogP) is 8.43. The predicted molar refractivity (Wildman–Crippen MR) is 136 cm³/mol. The molecule has 32 heavy (non-hydrogen) atoms. The van der Waals surface area contributed by atoms with Gasteiger partial charge < -0.3 is 4.57 Å². The van der Waals surface area contributed by atoms with Crippen LogP contribution in [0.25, 0.3) is 49.7 Å². The van der Waals surface area contributed by atoms with Gasteiger partial charge in [-0.15, -0.1) is 0 Å². The fourth-order valence-corrected chi connectivity index (χ4v) is 4.63. The maximum Gasteiger partial charge on any atom is 0.0541 e. The van der Waals surface area contributed by atoms with Gasteiger partial charge in [0.05, 0.1) is 11.0 Å². The molecule has 152 valence electrons. The van der Waals surface area contributed by atoms with Gasteiger partial charge in [0.2, 0.25) is 0 Å². The van der Waals surface area contributed by atoms with Crippen molar-refractivity contribution >= 4 is 21.8 Å². The van der Waals surface area contributed by atoms with Crippen LogP contribution in [-0.2, 0) is 0 Å². The van der Waals surface area contributed by atoms with Crippen molar-refractivity contribution in [2.45, 2.75) is 6.92 Å². The van der Waals surface area contributed by atoms with Crippen molar-refractivity contribution in [1.82, 2.24) is 4.57 Å². The molecule has 5 aromatic carbocycles. The van der Waals surface area contributed by atoms with Crippen LogP contribution in [0.15, 0.2) is 121 Å². The molecule has 0 spiro atoms. The van der Waals surface area contributed by atoms with E-state index >= 15 is 0 Å². The van der Waals surface area contributed by atoms with Gasteiger partial charge in [0, 0.05) is 16.5 Å². The average molecular weight is 410 g/mol. The van der Waals surface area contributed by atoms with Crippen LogP contribution in [0.5, 0.6) is 0 Å². The van der Waals surface area contributed by atoms with Gasteiger partial charge in [-0.1, -0.05) is 90.5 Å². The lowest BCUT2D eigenvalue weighted by Gasteiger charge is -2.09. The first-order chi connectivity index (χ1) is 15.8. The highest BCUT2D eigenvalue weighted by atomic mass is 15.0. The second-order valence-corrected chi connectivity index (χ2v) is 8.37. The Kier molecular flexibility index (Phi) is 4.40. The topological polar surface area (TPSA) is 4.93 Å². The van der Waals surface area contributed by atoms with Crippen molar-refractivity contribution in [2.24, 2.45) is 0 Å². The highest BCUT2D eigenvalue weighted by Gasteiger charge is 2.13.